The van der Waals surface area contributed by atoms with Crippen LogP contribution in [-0.2, 0) is 19.1 Å². The van der Waals surface area contributed by atoms with Gasteiger partial charge in [0.05, 0.1) is 34.2 Å². The minimum absolute atomic E-state index is 0.0712. The second-order valence-electron chi connectivity index (χ2n) is 17.1. The molecule has 3 saturated heterocycles. The summed E-state index contributed by atoms with van der Waals surface area (Å²) < 4.78 is 10.9. The molecule has 0 bridgehead atoms. The van der Waals surface area contributed by atoms with Gasteiger partial charge in [0, 0.05) is 17.7 Å². The number of nitrogens with zero attached hydrogens (tertiary/aromatic N) is 4. The largest absolute Gasteiger partial charge is 0.465 e. The van der Waals surface area contributed by atoms with Crippen molar-refractivity contribution in [3.63, 3.8) is 0 Å². The Bertz CT molecular complexity index is 2960. The molecule has 5 heterocycles. The number of carbonyl (C=O) groups is 3. The van der Waals surface area contributed by atoms with Crippen LogP contribution in [0.2, 0.25) is 0 Å². The van der Waals surface area contributed by atoms with Crippen LogP contribution in [0.1, 0.15) is 66.2 Å². The Hall–Kier alpha value is -7.13. The van der Waals surface area contributed by atoms with Crippen LogP contribution in [-0.4, -0.2) is 72.0 Å². The number of benzene rings is 5. The number of amides is 3. The number of imidazole rings is 2. The minimum atomic E-state index is -1.24. The van der Waals surface area contributed by atoms with Crippen molar-refractivity contribution >= 4 is 40.0 Å². The molecule has 7 aromatic rings. The molecule has 3 amide bonds. The number of piperidine rings is 1. The molecule has 1 saturated carbocycles. The molecule has 5 aliphatic rings. The first-order valence-electron chi connectivity index (χ1n) is 21.4. The lowest BCUT2D eigenvalue weighted by molar-refractivity contribution is -0.335. The first-order chi connectivity index (χ1) is 30.8. The highest BCUT2D eigenvalue weighted by molar-refractivity contribution is 5.89. The van der Waals surface area contributed by atoms with Gasteiger partial charge < -0.3 is 39.7 Å². The van der Waals surface area contributed by atoms with Crippen molar-refractivity contribution in [2.45, 2.75) is 55.9 Å². The van der Waals surface area contributed by atoms with Gasteiger partial charge in [0.15, 0.2) is 6.79 Å². The second kappa shape index (κ2) is 14.8. The third-order valence-electron chi connectivity index (χ3n) is 13.3. The number of carbonyl (C=O) groups excluding carboxylic acids is 2. The summed E-state index contributed by atoms with van der Waals surface area (Å²) in [6.45, 7) is 0.198. The number of nitrogens with one attached hydrogen (secondary N) is 4. The van der Waals surface area contributed by atoms with Crippen molar-refractivity contribution in [2.24, 2.45) is 11.8 Å². The highest BCUT2D eigenvalue weighted by Crippen LogP contribution is 2.54. The van der Waals surface area contributed by atoms with Crippen LogP contribution in [0.4, 0.5) is 4.79 Å². The zero-order valence-electron chi connectivity index (χ0n) is 33.8. The number of carboxylic acid groups (broad SMARTS) is 1. The number of aromatic nitrogens is 4. The van der Waals surface area contributed by atoms with E-state index in [1.165, 1.54) is 0 Å². The van der Waals surface area contributed by atoms with Gasteiger partial charge in [-0.2, -0.15) is 0 Å². The molecule has 14 heteroatoms. The van der Waals surface area contributed by atoms with Crippen molar-refractivity contribution < 1.29 is 29.0 Å². The molecule has 3 aliphatic heterocycles. The number of hydrogen-bond donors (Lipinski definition) is 5. The third-order valence-corrected chi connectivity index (χ3v) is 13.3. The van der Waals surface area contributed by atoms with Crippen LogP contribution in [0.3, 0.4) is 0 Å². The number of hydrogen-bond acceptors (Lipinski definition) is 8. The molecule has 5 N–H and O–H groups in total. The highest BCUT2D eigenvalue weighted by Gasteiger charge is 2.56. The maximum Gasteiger partial charge on any atom is 0.405 e. The van der Waals surface area contributed by atoms with E-state index >= 15 is 0 Å². The van der Waals surface area contributed by atoms with E-state index < -0.39 is 24.6 Å². The van der Waals surface area contributed by atoms with Gasteiger partial charge >= 0.3 is 6.09 Å². The molecule has 12 rings (SSSR count). The molecule has 14 nitrogen and oxygen atoms in total. The highest BCUT2D eigenvalue weighted by atomic mass is 16.9. The number of aromatic amines is 2. The summed E-state index contributed by atoms with van der Waals surface area (Å²) in [6.07, 6.45) is 2.73. The van der Waals surface area contributed by atoms with Crippen molar-refractivity contribution in [1.82, 2.24) is 40.4 Å². The average molecular weight is 839 g/mol. The molecule has 0 radical (unpaired) electrons. The molecule has 314 valence electrons. The number of likely N-dealkylation sites (tertiary alicyclic amines) is 2. The van der Waals surface area contributed by atoms with Gasteiger partial charge in [0.25, 0.3) is 5.91 Å². The second-order valence-corrected chi connectivity index (χ2v) is 17.1. The van der Waals surface area contributed by atoms with Crippen LogP contribution in [0.25, 0.3) is 44.3 Å². The molecule has 0 spiro atoms. The quantitative estimate of drug-likeness (QED) is 0.0868. The van der Waals surface area contributed by atoms with Crippen molar-refractivity contribution in [3.8, 4) is 22.3 Å². The zero-order chi connectivity index (χ0) is 42.3. The summed E-state index contributed by atoms with van der Waals surface area (Å²) in [5.41, 5.74) is 10.1. The Morgan fingerprint density at radius 1 is 0.667 bits per heavy atom. The average Bonchev–Trinajstić information content (AvgIpc) is 3.95. The molecule has 4 fully saturated rings. The van der Waals surface area contributed by atoms with Crippen molar-refractivity contribution in [2.75, 3.05) is 6.79 Å². The van der Waals surface area contributed by atoms with Gasteiger partial charge in [0.2, 0.25) is 12.3 Å². The Morgan fingerprint density at radius 2 is 1.24 bits per heavy atom. The summed E-state index contributed by atoms with van der Waals surface area (Å²) in [7, 11) is 0. The van der Waals surface area contributed by atoms with Crippen LogP contribution in [0.15, 0.2) is 133 Å². The Balaban J connectivity index is 0.769. The van der Waals surface area contributed by atoms with Gasteiger partial charge in [0.1, 0.15) is 23.7 Å². The maximum absolute atomic E-state index is 14.3. The fourth-order valence-corrected chi connectivity index (χ4v) is 9.92. The monoisotopic (exact) mass is 838 g/mol. The first kappa shape index (κ1) is 37.6. The predicted octanol–water partition coefficient (Wildman–Crippen LogP) is 7.85. The van der Waals surface area contributed by atoms with Crippen LogP contribution >= 0.6 is 0 Å². The summed E-state index contributed by atoms with van der Waals surface area (Å²) >= 11 is 0. The zero-order valence-corrected chi connectivity index (χ0v) is 33.8. The smallest absolute Gasteiger partial charge is 0.405 e. The molecule has 7 atom stereocenters. The fourth-order valence-electron chi connectivity index (χ4n) is 9.92. The van der Waals surface area contributed by atoms with Crippen molar-refractivity contribution in [1.29, 1.82) is 0 Å². The number of rotatable bonds is 11. The topological polar surface area (TPSA) is 178 Å². The van der Waals surface area contributed by atoms with Gasteiger partial charge in [-0.3, -0.25) is 14.9 Å². The molecule has 2 aliphatic carbocycles. The maximum atomic E-state index is 14.3. The molecule has 63 heavy (non-hydrogen) atoms. The van der Waals surface area contributed by atoms with Crippen LogP contribution in [0, 0.1) is 11.8 Å². The summed E-state index contributed by atoms with van der Waals surface area (Å²) in [5.74, 6) is 1.77. The number of allylic oxidation sites excluding steroid dienone is 2. The van der Waals surface area contributed by atoms with Gasteiger partial charge in [-0.1, -0.05) is 103 Å². The lowest BCUT2D eigenvalue weighted by atomic mass is 10.00. The van der Waals surface area contributed by atoms with E-state index in [2.05, 4.69) is 75.2 Å². The van der Waals surface area contributed by atoms with E-state index in [4.69, 9.17) is 19.4 Å². The summed E-state index contributed by atoms with van der Waals surface area (Å²) in [4.78, 5) is 60.9. The normalized spacial score (nSPS) is 23.2. The van der Waals surface area contributed by atoms with E-state index in [9.17, 15) is 19.5 Å². The fraction of sp³-hybridized carbons (Fsp3) is 0.245. The van der Waals surface area contributed by atoms with E-state index in [1.54, 1.807) is 24.3 Å². The molecular formula is C49H42N8O6. The summed E-state index contributed by atoms with van der Waals surface area (Å²) in [5, 5.41) is 15.3. The van der Waals surface area contributed by atoms with Crippen LogP contribution < -0.4 is 10.6 Å². The Morgan fingerprint density at radius 3 is 1.81 bits per heavy atom. The van der Waals surface area contributed by atoms with Crippen LogP contribution in [0.5, 0.6) is 0 Å². The lowest BCUT2D eigenvalue weighted by Crippen LogP contribution is -2.49. The van der Waals surface area contributed by atoms with E-state index in [1.807, 2.05) is 58.3 Å². The SMILES string of the molecule is O=C(O)N[C@@H](C(=O)N1[C@H](c2nc3ccc(-c4ccc(-c5ccc6nc([C@@H]7C[C@@H]8C=C8N7C(=O)[C@H](NC7OCO7)c7ccccc7)[nH]c6c5)cc4)cc3[nH]2)C[C@@H]2C[C@@H]21)c1ccccc1. The minimum Gasteiger partial charge on any atom is -0.465 e. The number of H-pyrrole nitrogens is 2. The van der Waals surface area contributed by atoms with E-state index in [0.29, 0.717) is 17.3 Å². The predicted molar refractivity (Wildman–Crippen MR) is 232 cm³/mol. The number of fused-ring (bicyclic) bond motifs is 4. The Labute approximate surface area is 360 Å². The third kappa shape index (κ3) is 6.74. The van der Waals surface area contributed by atoms with Gasteiger partial charge in [-0.25, -0.2) is 14.8 Å². The Kier molecular flexibility index (Phi) is 8.81. The first-order valence-corrected chi connectivity index (χ1v) is 21.4. The molecular weight excluding hydrogens is 797 g/mol. The van der Waals surface area contributed by atoms with Gasteiger partial charge in [-0.15, -0.1) is 0 Å². The number of ether oxygens (including phenoxy) is 2. The van der Waals surface area contributed by atoms with E-state index in [-0.39, 0.29) is 42.7 Å². The van der Waals surface area contributed by atoms with Crippen molar-refractivity contribution in [3.05, 3.63) is 156 Å². The standard InChI is InChI=1S/C49H42N8O6/c58-46(42(54-48(60)61)28-7-3-1-4-8-28)56-38-21-32(38)23-40(56)44-50-34-17-15-30(19-36(34)52-44)26-11-13-27(14-12-26)31-16-18-35-37(20-31)53-45(51-35)41-24-33-22-39(33)57(41)47(59)43(55-49-62-25-63-49)29-9-5-2-6-10-29/h1-20,22,32-33,38,40-43,49,54-55H,21,23-25H2,(H,50,52)(H,51,53)(H,60,61)/t32-,33-,38-,40-,41-,42+,43+/m0/s1. The van der Waals surface area contributed by atoms with Gasteiger partial charge in [-0.05, 0) is 82.8 Å². The lowest BCUT2D eigenvalue weighted by Gasteiger charge is -2.34. The summed E-state index contributed by atoms with van der Waals surface area (Å²) in [6, 6.07) is 37.4. The molecule has 5 aromatic carbocycles. The molecule has 0 unspecified atom stereocenters. The molecule has 2 aromatic heterocycles. The van der Waals surface area contributed by atoms with E-state index in [0.717, 1.165) is 80.7 Å².